The van der Waals surface area contributed by atoms with Crippen molar-refractivity contribution in [2.75, 3.05) is 33.4 Å². The number of nitrogens with one attached hydrogen (secondary N) is 1. The Kier molecular flexibility index (Phi) is 8.25. The minimum atomic E-state index is -0.143. The summed E-state index contributed by atoms with van der Waals surface area (Å²) in [6.07, 6.45) is 1.50. The van der Waals surface area contributed by atoms with Crippen LogP contribution in [0.3, 0.4) is 0 Å². The Morgan fingerprint density at radius 2 is 2.25 bits per heavy atom. The third-order valence-corrected chi connectivity index (χ3v) is 3.28. The first-order valence-electron chi connectivity index (χ1n) is 6.55. The van der Waals surface area contributed by atoms with Gasteiger partial charge in [-0.2, -0.15) is 0 Å². The van der Waals surface area contributed by atoms with E-state index >= 15 is 0 Å². The maximum Gasteiger partial charge on any atom is 0.257 e. The Hall–Kier alpha value is -1.11. The molecule has 0 aromatic heterocycles. The van der Waals surface area contributed by atoms with Crippen molar-refractivity contribution in [1.29, 1.82) is 0 Å². The van der Waals surface area contributed by atoms with Crippen molar-refractivity contribution in [3.63, 3.8) is 0 Å². The van der Waals surface area contributed by atoms with Crippen molar-refractivity contribution < 1.29 is 14.3 Å². The molecule has 20 heavy (non-hydrogen) atoms. The van der Waals surface area contributed by atoms with Gasteiger partial charge in [-0.1, -0.05) is 12.1 Å². The van der Waals surface area contributed by atoms with Crippen LogP contribution in [0.2, 0.25) is 0 Å². The molecule has 5 nitrogen and oxygen atoms in total. The molecule has 1 rings (SSSR count). The lowest BCUT2D eigenvalue weighted by molar-refractivity contribution is -0.123. The molecule has 1 aromatic rings. The monoisotopic (exact) mass is 344 g/mol. The van der Waals surface area contributed by atoms with Gasteiger partial charge >= 0.3 is 0 Å². The van der Waals surface area contributed by atoms with E-state index in [2.05, 4.69) is 21.2 Å². The van der Waals surface area contributed by atoms with Gasteiger partial charge in [0.25, 0.3) is 5.91 Å². The fraction of sp³-hybridized carbons (Fsp3) is 0.500. The largest absolute Gasteiger partial charge is 0.482 e. The Morgan fingerprint density at radius 3 is 2.95 bits per heavy atom. The maximum absolute atomic E-state index is 11.6. The van der Waals surface area contributed by atoms with Crippen molar-refractivity contribution >= 4 is 21.8 Å². The molecule has 0 fully saturated rings. The third kappa shape index (κ3) is 5.90. The highest BCUT2D eigenvalue weighted by Gasteiger charge is 2.09. The first-order valence-corrected chi connectivity index (χ1v) is 7.34. The minimum absolute atomic E-state index is 0.00678. The first kappa shape index (κ1) is 16.9. The molecule has 0 aliphatic rings. The number of para-hydroxylation sites is 1. The molecule has 1 amide bonds. The zero-order chi connectivity index (χ0) is 14.8. The van der Waals surface area contributed by atoms with Crippen LogP contribution in [0, 0.1) is 0 Å². The van der Waals surface area contributed by atoms with Crippen molar-refractivity contribution in [1.82, 2.24) is 5.32 Å². The van der Waals surface area contributed by atoms with Crippen LogP contribution in [-0.4, -0.2) is 39.3 Å². The van der Waals surface area contributed by atoms with Gasteiger partial charge in [0.15, 0.2) is 6.61 Å². The molecule has 0 aliphatic carbocycles. The minimum Gasteiger partial charge on any atom is -0.482 e. The average molecular weight is 345 g/mol. The lowest BCUT2D eigenvalue weighted by Gasteiger charge is -2.13. The predicted octanol–water partition coefficient (Wildman–Crippen LogP) is 1.48. The van der Waals surface area contributed by atoms with Crippen LogP contribution in [-0.2, 0) is 16.0 Å². The smallest absolute Gasteiger partial charge is 0.257 e. The van der Waals surface area contributed by atoms with E-state index in [-0.39, 0.29) is 12.5 Å². The summed E-state index contributed by atoms with van der Waals surface area (Å²) in [6, 6.07) is 5.75. The molecule has 0 radical (unpaired) electrons. The highest BCUT2D eigenvalue weighted by atomic mass is 79.9. The highest BCUT2D eigenvalue weighted by Crippen LogP contribution is 2.29. The van der Waals surface area contributed by atoms with Crippen LogP contribution < -0.4 is 15.8 Å². The summed E-state index contributed by atoms with van der Waals surface area (Å²) in [5.74, 6) is 0.542. The Labute approximate surface area is 127 Å². The van der Waals surface area contributed by atoms with Crippen LogP contribution in [0.4, 0.5) is 0 Å². The van der Waals surface area contributed by atoms with E-state index in [1.54, 1.807) is 7.11 Å². The number of nitrogens with two attached hydrogens (primary N) is 1. The maximum atomic E-state index is 11.6. The van der Waals surface area contributed by atoms with Gasteiger partial charge in [0.1, 0.15) is 5.75 Å². The summed E-state index contributed by atoms with van der Waals surface area (Å²) in [6.45, 7) is 1.75. The van der Waals surface area contributed by atoms with Gasteiger partial charge in [-0.25, -0.2) is 0 Å². The number of halogens is 1. The van der Waals surface area contributed by atoms with Crippen LogP contribution in [0.5, 0.6) is 5.75 Å². The lowest BCUT2D eigenvalue weighted by atomic mass is 10.1. The number of rotatable bonds is 9. The topological polar surface area (TPSA) is 73.6 Å². The highest BCUT2D eigenvalue weighted by molar-refractivity contribution is 9.10. The van der Waals surface area contributed by atoms with Crippen molar-refractivity contribution in [3.8, 4) is 5.75 Å². The van der Waals surface area contributed by atoms with Crippen LogP contribution in [0.1, 0.15) is 12.0 Å². The molecule has 6 heteroatoms. The SMILES string of the molecule is COCCCNC(=O)COc1c(Br)cccc1CCN. The molecule has 0 bridgehead atoms. The molecule has 112 valence electrons. The van der Waals surface area contributed by atoms with Crippen molar-refractivity contribution in [2.24, 2.45) is 5.73 Å². The van der Waals surface area contributed by atoms with Gasteiger partial charge in [-0.05, 0) is 46.9 Å². The van der Waals surface area contributed by atoms with Gasteiger partial charge in [0.2, 0.25) is 0 Å². The van der Waals surface area contributed by atoms with E-state index in [4.69, 9.17) is 15.2 Å². The third-order valence-electron chi connectivity index (χ3n) is 2.66. The number of methoxy groups -OCH3 is 1. The lowest BCUT2D eigenvalue weighted by Crippen LogP contribution is -2.30. The van der Waals surface area contributed by atoms with E-state index in [0.717, 1.165) is 16.5 Å². The van der Waals surface area contributed by atoms with Gasteiger partial charge in [-0.3, -0.25) is 4.79 Å². The van der Waals surface area contributed by atoms with Crippen molar-refractivity contribution in [2.45, 2.75) is 12.8 Å². The van der Waals surface area contributed by atoms with Gasteiger partial charge in [0.05, 0.1) is 4.47 Å². The number of amides is 1. The van der Waals surface area contributed by atoms with E-state index in [1.807, 2.05) is 18.2 Å². The van der Waals surface area contributed by atoms with E-state index in [0.29, 0.717) is 31.9 Å². The molecule has 0 spiro atoms. The van der Waals surface area contributed by atoms with E-state index in [9.17, 15) is 4.79 Å². The molecular formula is C14H21BrN2O3. The standard InChI is InChI=1S/C14H21BrN2O3/c1-19-9-3-8-17-13(18)10-20-14-11(6-7-16)4-2-5-12(14)15/h2,4-5H,3,6-10,16H2,1H3,(H,17,18). The van der Waals surface area contributed by atoms with Crippen LogP contribution in [0.25, 0.3) is 0 Å². The molecule has 0 atom stereocenters. The Balaban J connectivity index is 2.46. The van der Waals surface area contributed by atoms with E-state index < -0.39 is 0 Å². The number of carbonyl (C=O) groups excluding carboxylic acids is 1. The number of carbonyl (C=O) groups is 1. The summed E-state index contributed by atoms with van der Waals surface area (Å²) in [7, 11) is 1.64. The van der Waals surface area contributed by atoms with Gasteiger partial charge in [0, 0.05) is 20.3 Å². The summed E-state index contributed by atoms with van der Waals surface area (Å²) in [5, 5.41) is 2.77. The van der Waals surface area contributed by atoms with Crippen LogP contribution in [0.15, 0.2) is 22.7 Å². The number of hydrogen-bond donors (Lipinski definition) is 2. The molecule has 0 aliphatic heterocycles. The number of benzene rings is 1. The molecule has 1 aromatic carbocycles. The summed E-state index contributed by atoms with van der Waals surface area (Å²) in [4.78, 5) is 11.6. The second-order valence-electron chi connectivity index (χ2n) is 4.25. The first-order chi connectivity index (χ1) is 9.69. The van der Waals surface area contributed by atoms with Gasteiger partial charge < -0.3 is 20.5 Å². The summed E-state index contributed by atoms with van der Waals surface area (Å²) >= 11 is 3.43. The van der Waals surface area contributed by atoms with Crippen LogP contribution >= 0.6 is 15.9 Å². The normalized spacial score (nSPS) is 10.3. The molecule has 0 saturated carbocycles. The second-order valence-corrected chi connectivity index (χ2v) is 5.11. The fourth-order valence-corrected chi connectivity index (χ4v) is 2.22. The average Bonchev–Trinajstić information content (AvgIpc) is 2.43. The second kappa shape index (κ2) is 9.74. The van der Waals surface area contributed by atoms with Crippen molar-refractivity contribution in [3.05, 3.63) is 28.2 Å². The van der Waals surface area contributed by atoms with E-state index in [1.165, 1.54) is 0 Å². The molecule has 0 saturated heterocycles. The van der Waals surface area contributed by atoms with Gasteiger partial charge in [-0.15, -0.1) is 0 Å². The quantitative estimate of drug-likeness (QED) is 0.665. The number of hydrogen-bond acceptors (Lipinski definition) is 4. The summed E-state index contributed by atoms with van der Waals surface area (Å²) in [5.41, 5.74) is 6.56. The molecule has 0 unspecified atom stereocenters. The number of ether oxygens (including phenoxy) is 2. The molecule has 0 heterocycles. The zero-order valence-electron chi connectivity index (χ0n) is 11.7. The Bertz CT molecular complexity index is 427. The fourth-order valence-electron chi connectivity index (χ4n) is 1.70. The predicted molar refractivity (Wildman–Crippen MR) is 81.9 cm³/mol. The Morgan fingerprint density at radius 1 is 1.45 bits per heavy atom. The molecular weight excluding hydrogens is 324 g/mol. The molecule has 3 N–H and O–H groups in total. The zero-order valence-corrected chi connectivity index (χ0v) is 13.2. The summed E-state index contributed by atoms with van der Waals surface area (Å²) < 4.78 is 11.3.